The molecule has 0 N–H and O–H groups in total. The van der Waals surface area contributed by atoms with Crippen LogP contribution >= 0.6 is 23.2 Å². The van der Waals surface area contributed by atoms with Gasteiger partial charge >= 0.3 is 0 Å². The van der Waals surface area contributed by atoms with E-state index in [1.54, 1.807) is 6.07 Å². The first kappa shape index (κ1) is 21.1. The third-order valence-corrected chi connectivity index (χ3v) is 7.64. The van der Waals surface area contributed by atoms with Crippen molar-refractivity contribution in [2.24, 2.45) is 0 Å². The monoisotopic (exact) mass is 453 g/mol. The predicted octanol–water partition coefficient (Wildman–Crippen LogP) is 7.37. The quantitative estimate of drug-likeness (QED) is 0.410. The van der Waals surface area contributed by atoms with Gasteiger partial charge in [0.1, 0.15) is 0 Å². The van der Waals surface area contributed by atoms with Crippen LogP contribution in [0.2, 0.25) is 10.0 Å². The molecule has 0 amide bonds. The fourth-order valence-corrected chi connectivity index (χ4v) is 5.81. The first-order chi connectivity index (χ1) is 15.1. The van der Waals surface area contributed by atoms with E-state index in [0.717, 1.165) is 35.5 Å². The molecular weight excluding hydrogens is 425 g/mol. The van der Waals surface area contributed by atoms with Crippen LogP contribution in [-0.4, -0.2) is 33.8 Å². The molecule has 2 aliphatic rings. The van der Waals surface area contributed by atoms with E-state index in [2.05, 4.69) is 40.8 Å². The number of aromatic nitrogens is 2. The maximum absolute atomic E-state index is 6.48. The molecule has 1 aliphatic carbocycles. The van der Waals surface area contributed by atoms with Gasteiger partial charge in [-0.25, -0.2) is 0 Å². The maximum atomic E-state index is 6.48. The van der Waals surface area contributed by atoms with E-state index in [1.807, 2.05) is 18.3 Å². The van der Waals surface area contributed by atoms with E-state index in [0.29, 0.717) is 10.0 Å². The zero-order valence-corrected chi connectivity index (χ0v) is 19.5. The molecule has 0 radical (unpaired) electrons. The van der Waals surface area contributed by atoms with E-state index in [-0.39, 0.29) is 6.04 Å². The third kappa shape index (κ3) is 4.28. The maximum Gasteiger partial charge on any atom is 0.0761 e. The number of benzene rings is 2. The van der Waals surface area contributed by atoms with E-state index in [9.17, 15) is 0 Å². The summed E-state index contributed by atoms with van der Waals surface area (Å²) in [5.41, 5.74) is 4.94. The SMILES string of the molecule is CC(c1ccc(Cl)cc1Cl)n1ncc2ccc(C3=CCN(C4CCCCC4)CC3)cc21. The Kier molecular flexibility index (Phi) is 6.10. The van der Waals surface area contributed by atoms with Crippen LogP contribution < -0.4 is 0 Å². The summed E-state index contributed by atoms with van der Waals surface area (Å²) in [5.74, 6) is 0. The molecule has 1 aromatic heterocycles. The van der Waals surface area contributed by atoms with Crippen molar-refractivity contribution < 1.29 is 0 Å². The number of hydrogen-bond acceptors (Lipinski definition) is 2. The molecule has 5 rings (SSSR count). The first-order valence-corrected chi connectivity index (χ1v) is 12.2. The number of rotatable bonds is 4. The summed E-state index contributed by atoms with van der Waals surface area (Å²) >= 11 is 12.6. The van der Waals surface area contributed by atoms with Gasteiger partial charge in [0.25, 0.3) is 0 Å². The van der Waals surface area contributed by atoms with Crippen molar-refractivity contribution in [2.45, 2.75) is 57.5 Å². The number of halogens is 2. The van der Waals surface area contributed by atoms with Crippen LogP contribution in [-0.2, 0) is 0 Å². The van der Waals surface area contributed by atoms with Gasteiger partial charge in [0.2, 0.25) is 0 Å². The normalized spacial score (nSPS) is 19.5. The minimum Gasteiger partial charge on any atom is -0.296 e. The topological polar surface area (TPSA) is 21.1 Å². The smallest absolute Gasteiger partial charge is 0.0761 e. The Morgan fingerprint density at radius 3 is 2.61 bits per heavy atom. The van der Waals surface area contributed by atoms with Crippen molar-refractivity contribution in [1.29, 1.82) is 0 Å². The number of hydrogen-bond donors (Lipinski definition) is 0. The molecule has 0 bridgehead atoms. The van der Waals surface area contributed by atoms with Crippen LogP contribution in [0.1, 0.15) is 62.6 Å². The Labute approximate surface area is 194 Å². The van der Waals surface area contributed by atoms with Crippen molar-refractivity contribution >= 4 is 39.7 Å². The lowest BCUT2D eigenvalue weighted by Crippen LogP contribution is -2.39. The van der Waals surface area contributed by atoms with Crippen LogP contribution in [0.15, 0.2) is 48.7 Å². The molecule has 1 fully saturated rings. The molecular formula is C26H29Cl2N3. The standard InChI is InChI=1S/C26H29Cl2N3/c1-18(24-10-9-22(27)16-25(24)28)31-26-15-20(7-8-21(26)17-29-31)19-11-13-30(14-12-19)23-5-3-2-4-6-23/h7-11,15-18,23H,2-6,12-14H2,1H3. The Bertz CT molecular complexity index is 1110. The molecule has 1 aliphatic heterocycles. The van der Waals surface area contributed by atoms with Gasteiger partial charge in [0.05, 0.1) is 17.8 Å². The highest BCUT2D eigenvalue weighted by Gasteiger charge is 2.23. The molecule has 0 saturated heterocycles. The lowest BCUT2D eigenvalue weighted by Gasteiger charge is -2.36. The van der Waals surface area contributed by atoms with Crippen LogP contribution in [0.5, 0.6) is 0 Å². The molecule has 3 aromatic rings. The van der Waals surface area contributed by atoms with Gasteiger partial charge in [-0.15, -0.1) is 0 Å². The third-order valence-electron chi connectivity index (χ3n) is 7.08. The number of fused-ring (bicyclic) bond motifs is 1. The Morgan fingerprint density at radius 1 is 1.03 bits per heavy atom. The highest BCUT2D eigenvalue weighted by atomic mass is 35.5. The molecule has 31 heavy (non-hydrogen) atoms. The van der Waals surface area contributed by atoms with E-state index in [4.69, 9.17) is 28.3 Å². The van der Waals surface area contributed by atoms with Gasteiger partial charge in [-0.2, -0.15) is 5.10 Å². The van der Waals surface area contributed by atoms with Gasteiger partial charge < -0.3 is 0 Å². The largest absolute Gasteiger partial charge is 0.296 e. The van der Waals surface area contributed by atoms with Gasteiger partial charge in [0.15, 0.2) is 0 Å². The number of nitrogens with zero attached hydrogens (tertiary/aromatic N) is 3. The fraction of sp³-hybridized carbons (Fsp3) is 0.423. The molecule has 1 atom stereocenters. The average Bonchev–Trinajstić information content (AvgIpc) is 3.23. The van der Waals surface area contributed by atoms with Crippen molar-refractivity contribution in [3.05, 3.63) is 69.8 Å². The van der Waals surface area contributed by atoms with Crippen LogP contribution in [0.4, 0.5) is 0 Å². The summed E-state index contributed by atoms with van der Waals surface area (Å²) in [4.78, 5) is 2.69. The van der Waals surface area contributed by atoms with E-state index >= 15 is 0 Å². The van der Waals surface area contributed by atoms with E-state index in [1.165, 1.54) is 49.8 Å². The molecule has 0 spiro atoms. The van der Waals surface area contributed by atoms with Crippen molar-refractivity contribution in [2.75, 3.05) is 13.1 Å². The predicted molar refractivity (Wildman–Crippen MR) is 131 cm³/mol. The summed E-state index contributed by atoms with van der Waals surface area (Å²) in [6.07, 6.45) is 12.5. The van der Waals surface area contributed by atoms with Gasteiger partial charge in [-0.1, -0.05) is 66.7 Å². The Morgan fingerprint density at radius 2 is 1.87 bits per heavy atom. The van der Waals surface area contributed by atoms with Crippen LogP contribution in [0, 0.1) is 0 Å². The minimum absolute atomic E-state index is 0.0274. The first-order valence-electron chi connectivity index (χ1n) is 11.5. The molecule has 2 aromatic carbocycles. The second-order valence-electron chi connectivity index (χ2n) is 8.97. The summed E-state index contributed by atoms with van der Waals surface area (Å²) in [6, 6.07) is 13.2. The molecule has 5 heteroatoms. The fourth-order valence-electron chi connectivity index (χ4n) is 5.24. The highest BCUT2D eigenvalue weighted by Crippen LogP contribution is 2.33. The van der Waals surface area contributed by atoms with Gasteiger partial charge in [-0.05, 0) is 61.1 Å². The molecule has 3 nitrogen and oxygen atoms in total. The molecule has 1 unspecified atom stereocenters. The van der Waals surface area contributed by atoms with Crippen molar-refractivity contribution in [3.63, 3.8) is 0 Å². The summed E-state index contributed by atoms with van der Waals surface area (Å²) in [5, 5.41) is 7.18. The second-order valence-corrected chi connectivity index (χ2v) is 9.81. The van der Waals surface area contributed by atoms with Crippen molar-refractivity contribution in [1.82, 2.24) is 14.7 Å². The Balaban J connectivity index is 1.41. The summed E-state index contributed by atoms with van der Waals surface area (Å²) in [7, 11) is 0. The van der Waals surface area contributed by atoms with Crippen molar-refractivity contribution in [3.8, 4) is 0 Å². The highest BCUT2D eigenvalue weighted by molar-refractivity contribution is 6.35. The minimum atomic E-state index is 0.0274. The average molecular weight is 454 g/mol. The van der Waals surface area contributed by atoms with E-state index < -0.39 is 0 Å². The zero-order valence-electron chi connectivity index (χ0n) is 18.0. The van der Waals surface area contributed by atoms with Gasteiger partial charge in [0, 0.05) is 34.6 Å². The molecule has 162 valence electrons. The van der Waals surface area contributed by atoms with Gasteiger partial charge in [-0.3, -0.25) is 9.58 Å². The zero-order chi connectivity index (χ0) is 21.4. The van der Waals surface area contributed by atoms with Crippen LogP contribution in [0.25, 0.3) is 16.5 Å². The molecule has 2 heterocycles. The lowest BCUT2D eigenvalue weighted by molar-refractivity contribution is 0.171. The summed E-state index contributed by atoms with van der Waals surface area (Å²) in [6.45, 7) is 4.38. The Hall–Kier alpha value is -1.81. The lowest BCUT2D eigenvalue weighted by atomic mass is 9.91. The van der Waals surface area contributed by atoms with Crippen LogP contribution in [0.3, 0.4) is 0 Å². The second kappa shape index (κ2) is 8.97. The molecule has 1 saturated carbocycles. The summed E-state index contributed by atoms with van der Waals surface area (Å²) < 4.78 is 2.08.